The van der Waals surface area contributed by atoms with Gasteiger partial charge in [0.05, 0.1) is 19.1 Å². The number of amides is 2. The first-order valence-corrected chi connectivity index (χ1v) is 8.94. The van der Waals surface area contributed by atoms with E-state index in [9.17, 15) is 14.4 Å². The molecule has 0 spiro atoms. The van der Waals surface area contributed by atoms with Gasteiger partial charge in [-0.2, -0.15) is 0 Å². The van der Waals surface area contributed by atoms with Crippen molar-refractivity contribution in [1.29, 1.82) is 0 Å². The molecule has 0 unspecified atom stereocenters. The lowest BCUT2D eigenvalue weighted by Gasteiger charge is -2.19. The summed E-state index contributed by atoms with van der Waals surface area (Å²) in [6, 6.07) is -0.343. The van der Waals surface area contributed by atoms with Gasteiger partial charge in [0.15, 0.2) is 0 Å². The molecule has 25 heavy (non-hydrogen) atoms. The highest BCUT2D eigenvalue weighted by atomic mass is 16.5. The maximum Gasteiger partial charge on any atom is 0.306 e. The summed E-state index contributed by atoms with van der Waals surface area (Å²) < 4.78 is 5.25. The molecule has 0 aromatic heterocycles. The van der Waals surface area contributed by atoms with Crippen LogP contribution in [0.3, 0.4) is 0 Å². The van der Waals surface area contributed by atoms with E-state index in [-0.39, 0.29) is 43.4 Å². The largest absolute Gasteiger partial charge is 0.461 e. The number of aliphatic hydroxyl groups is 1. The molecule has 1 heterocycles. The Labute approximate surface area is 149 Å². The van der Waals surface area contributed by atoms with Crippen LogP contribution in [-0.4, -0.2) is 48.2 Å². The zero-order valence-corrected chi connectivity index (χ0v) is 15.1. The van der Waals surface area contributed by atoms with Gasteiger partial charge in [0.1, 0.15) is 6.10 Å². The summed E-state index contributed by atoms with van der Waals surface area (Å²) in [7, 11) is 0. The van der Waals surface area contributed by atoms with Gasteiger partial charge in [-0.3, -0.25) is 14.4 Å². The molecule has 3 atom stereocenters. The maximum absolute atomic E-state index is 12.4. The molecule has 7 heteroatoms. The number of rotatable bonds is 4. The molecule has 1 aliphatic rings. The number of esters is 1. The Morgan fingerprint density at radius 2 is 2.16 bits per heavy atom. The van der Waals surface area contributed by atoms with Crippen LogP contribution in [0, 0.1) is 5.92 Å². The molecular formula is C18H30N2O5. The first-order chi connectivity index (χ1) is 11.9. The Morgan fingerprint density at radius 3 is 2.88 bits per heavy atom. The lowest BCUT2D eigenvalue weighted by Crippen LogP contribution is -2.41. The van der Waals surface area contributed by atoms with Crippen molar-refractivity contribution in [1.82, 2.24) is 10.6 Å². The normalized spacial score (nSPS) is 24.6. The predicted octanol–water partition coefficient (Wildman–Crippen LogP) is 1.06. The van der Waals surface area contributed by atoms with Gasteiger partial charge in [0.25, 0.3) is 0 Å². The third-order valence-electron chi connectivity index (χ3n) is 3.97. The fourth-order valence-corrected chi connectivity index (χ4v) is 2.51. The molecule has 0 fully saturated rings. The highest BCUT2D eigenvalue weighted by Gasteiger charge is 2.22. The summed E-state index contributed by atoms with van der Waals surface area (Å²) in [5, 5.41) is 14.4. The van der Waals surface area contributed by atoms with E-state index < -0.39 is 12.0 Å². The Hall–Kier alpha value is -1.89. The molecule has 0 aromatic carbocycles. The van der Waals surface area contributed by atoms with Crippen LogP contribution in [0.1, 0.15) is 52.4 Å². The minimum absolute atomic E-state index is 0.0503. The zero-order valence-electron chi connectivity index (χ0n) is 15.1. The molecule has 7 nitrogen and oxygen atoms in total. The Kier molecular flexibility index (Phi) is 9.84. The fourth-order valence-electron chi connectivity index (χ4n) is 2.51. The van der Waals surface area contributed by atoms with Crippen molar-refractivity contribution >= 4 is 17.8 Å². The van der Waals surface area contributed by atoms with Gasteiger partial charge in [-0.1, -0.05) is 12.2 Å². The quantitative estimate of drug-likeness (QED) is 0.517. The van der Waals surface area contributed by atoms with Crippen molar-refractivity contribution in [3.05, 3.63) is 12.2 Å². The second kappa shape index (κ2) is 11.6. The first-order valence-electron chi connectivity index (χ1n) is 8.94. The summed E-state index contributed by atoms with van der Waals surface area (Å²) in [5.41, 5.74) is 0. The SMILES string of the molecule is C[C@H](CO)NC(=O)C[C@H]1CC=CCCCCC(=O)O[C@@H](C)CNC1=O. The minimum atomic E-state index is -0.493. The third-order valence-corrected chi connectivity index (χ3v) is 3.97. The van der Waals surface area contributed by atoms with Crippen molar-refractivity contribution in [2.24, 2.45) is 5.92 Å². The predicted molar refractivity (Wildman–Crippen MR) is 93.6 cm³/mol. The van der Waals surface area contributed by atoms with Crippen molar-refractivity contribution in [3.63, 3.8) is 0 Å². The number of hydrogen-bond acceptors (Lipinski definition) is 5. The van der Waals surface area contributed by atoms with Gasteiger partial charge in [-0.15, -0.1) is 0 Å². The smallest absolute Gasteiger partial charge is 0.306 e. The van der Waals surface area contributed by atoms with Gasteiger partial charge >= 0.3 is 5.97 Å². The van der Waals surface area contributed by atoms with Crippen LogP contribution in [0.5, 0.6) is 0 Å². The maximum atomic E-state index is 12.4. The number of aliphatic hydroxyl groups excluding tert-OH is 1. The average Bonchev–Trinajstić information content (AvgIpc) is 2.56. The zero-order chi connectivity index (χ0) is 18.7. The Bertz CT molecular complexity index is 478. The van der Waals surface area contributed by atoms with E-state index >= 15 is 0 Å². The van der Waals surface area contributed by atoms with Gasteiger partial charge < -0.3 is 20.5 Å². The molecule has 0 aliphatic carbocycles. The van der Waals surface area contributed by atoms with Crippen molar-refractivity contribution < 1.29 is 24.2 Å². The second-order valence-electron chi connectivity index (χ2n) is 6.55. The standard InChI is InChI=1S/C18H30N2O5/c1-13(12-21)20-16(22)10-15-8-6-4-3-5-7-9-17(23)25-14(2)11-19-18(15)24/h4,6,13-15,21H,3,5,7-12H2,1-2H3,(H,19,24)(H,20,22)/t13-,14+,15-/m1/s1. The molecule has 2 amide bonds. The molecule has 1 aliphatic heterocycles. The molecule has 0 aromatic rings. The Balaban J connectivity index is 2.68. The van der Waals surface area contributed by atoms with E-state index in [1.165, 1.54) is 0 Å². The van der Waals surface area contributed by atoms with E-state index in [1.807, 2.05) is 12.2 Å². The van der Waals surface area contributed by atoms with E-state index in [4.69, 9.17) is 9.84 Å². The molecule has 0 radical (unpaired) electrons. The highest BCUT2D eigenvalue weighted by molar-refractivity contribution is 5.86. The van der Waals surface area contributed by atoms with Gasteiger partial charge in [-0.25, -0.2) is 0 Å². The van der Waals surface area contributed by atoms with E-state index in [0.717, 1.165) is 19.3 Å². The van der Waals surface area contributed by atoms with Crippen molar-refractivity contribution in [2.75, 3.05) is 13.2 Å². The average molecular weight is 354 g/mol. The summed E-state index contributed by atoms with van der Waals surface area (Å²) in [4.78, 5) is 36.1. The van der Waals surface area contributed by atoms with Gasteiger partial charge in [0, 0.05) is 18.9 Å². The number of ether oxygens (including phenoxy) is 1. The van der Waals surface area contributed by atoms with Crippen LogP contribution in [0.4, 0.5) is 0 Å². The number of cyclic esters (lactones) is 1. The topological polar surface area (TPSA) is 105 Å². The molecular weight excluding hydrogens is 324 g/mol. The second-order valence-corrected chi connectivity index (χ2v) is 6.55. The third kappa shape index (κ3) is 9.24. The number of hydrogen-bond donors (Lipinski definition) is 3. The van der Waals surface area contributed by atoms with E-state index in [2.05, 4.69) is 10.6 Å². The highest BCUT2D eigenvalue weighted by Crippen LogP contribution is 2.13. The molecule has 0 bridgehead atoms. The van der Waals surface area contributed by atoms with Crippen LogP contribution < -0.4 is 10.6 Å². The van der Waals surface area contributed by atoms with E-state index in [0.29, 0.717) is 12.8 Å². The number of carbonyl (C=O) groups excluding carboxylic acids is 3. The molecule has 1 rings (SSSR count). The molecule has 0 saturated carbocycles. The lowest BCUT2D eigenvalue weighted by molar-refractivity contribution is -0.148. The van der Waals surface area contributed by atoms with Crippen LogP contribution in [-0.2, 0) is 19.1 Å². The number of allylic oxidation sites excluding steroid dienone is 2. The monoisotopic (exact) mass is 354 g/mol. The molecule has 3 N–H and O–H groups in total. The van der Waals surface area contributed by atoms with Crippen LogP contribution in [0.2, 0.25) is 0 Å². The van der Waals surface area contributed by atoms with Crippen LogP contribution in [0.25, 0.3) is 0 Å². The van der Waals surface area contributed by atoms with Gasteiger partial charge in [-0.05, 0) is 39.5 Å². The first kappa shape index (κ1) is 21.2. The summed E-state index contributed by atoms with van der Waals surface area (Å²) in [5.74, 6) is -1.25. The Morgan fingerprint density at radius 1 is 1.40 bits per heavy atom. The van der Waals surface area contributed by atoms with Crippen molar-refractivity contribution in [3.8, 4) is 0 Å². The van der Waals surface area contributed by atoms with Gasteiger partial charge in [0.2, 0.25) is 11.8 Å². The van der Waals surface area contributed by atoms with Crippen molar-refractivity contribution in [2.45, 2.75) is 64.5 Å². The number of nitrogens with one attached hydrogen (secondary N) is 2. The minimum Gasteiger partial charge on any atom is -0.461 e. The summed E-state index contributed by atoms with van der Waals surface area (Å²) >= 11 is 0. The fraction of sp³-hybridized carbons (Fsp3) is 0.722. The van der Waals surface area contributed by atoms with Crippen LogP contribution >= 0.6 is 0 Å². The lowest BCUT2D eigenvalue weighted by atomic mass is 9.98. The number of carbonyl (C=O) groups is 3. The van der Waals surface area contributed by atoms with E-state index in [1.54, 1.807) is 13.8 Å². The summed E-state index contributed by atoms with van der Waals surface area (Å²) in [6.45, 7) is 3.50. The molecule has 0 saturated heterocycles. The summed E-state index contributed by atoms with van der Waals surface area (Å²) in [6.07, 6.45) is 6.88. The molecule has 142 valence electrons. The van der Waals surface area contributed by atoms with Crippen LogP contribution in [0.15, 0.2) is 12.2 Å².